The Bertz CT molecular complexity index is 1010. The molecule has 0 radical (unpaired) electrons. The van der Waals surface area contributed by atoms with E-state index in [-0.39, 0.29) is 23.7 Å². The highest BCUT2D eigenvalue weighted by Gasteiger charge is 2.36. The average Bonchev–Trinajstić information content (AvgIpc) is 2.82. The van der Waals surface area contributed by atoms with Gasteiger partial charge in [0.1, 0.15) is 0 Å². The molecule has 7 nitrogen and oxygen atoms in total. The van der Waals surface area contributed by atoms with E-state index in [0.717, 1.165) is 69.3 Å². The first kappa shape index (κ1) is 22.8. The zero-order valence-corrected chi connectivity index (χ0v) is 20.2. The minimum atomic E-state index is -3.61. The van der Waals surface area contributed by atoms with Crippen LogP contribution >= 0.6 is 0 Å². The van der Waals surface area contributed by atoms with Crippen LogP contribution in [0.15, 0.2) is 23.1 Å². The number of fused-ring (bicyclic) bond motifs is 1. The van der Waals surface area contributed by atoms with E-state index >= 15 is 0 Å². The molecule has 3 fully saturated rings. The minimum Gasteiger partial charge on any atom is -0.342 e. The lowest BCUT2D eigenvalue weighted by Gasteiger charge is -2.36. The van der Waals surface area contributed by atoms with Crippen LogP contribution in [0.5, 0.6) is 0 Å². The van der Waals surface area contributed by atoms with Crippen molar-refractivity contribution in [2.24, 2.45) is 11.8 Å². The number of carbonyl (C=O) groups excluding carboxylic acids is 2. The summed E-state index contributed by atoms with van der Waals surface area (Å²) in [7, 11) is -3.61. The number of benzene rings is 1. The van der Waals surface area contributed by atoms with Gasteiger partial charge in [0.25, 0.3) is 0 Å². The number of aryl methyl sites for hydroxylation is 1. The third-order valence-electron chi connectivity index (χ3n) is 8.00. The second-order valence-electron chi connectivity index (χ2n) is 10.1. The molecule has 5 rings (SSSR count). The van der Waals surface area contributed by atoms with Gasteiger partial charge in [-0.2, -0.15) is 4.31 Å². The summed E-state index contributed by atoms with van der Waals surface area (Å²) >= 11 is 0. The van der Waals surface area contributed by atoms with Gasteiger partial charge in [-0.3, -0.25) is 9.59 Å². The molecule has 1 aliphatic carbocycles. The summed E-state index contributed by atoms with van der Waals surface area (Å²) in [6.45, 7) is 3.17. The van der Waals surface area contributed by atoms with Crippen molar-refractivity contribution in [2.45, 2.75) is 69.1 Å². The van der Waals surface area contributed by atoms with Gasteiger partial charge in [-0.15, -0.1) is 0 Å². The zero-order chi connectivity index (χ0) is 23.0. The topological polar surface area (TPSA) is 78.0 Å². The van der Waals surface area contributed by atoms with Crippen molar-refractivity contribution in [3.8, 4) is 0 Å². The summed E-state index contributed by atoms with van der Waals surface area (Å²) in [5.74, 6) is 0.465. The van der Waals surface area contributed by atoms with E-state index in [1.807, 2.05) is 15.9 Å². The normalized spacial score (nSPS) is 23.2. The van der Waals surface area contributed by atoms with Crippen LogP contribution in [0.1, 0.15) is 63.4 Å². The Labute approximate surface area is 197 Å². The summed E-state index contributed by atoms with van der Waals surface area (Å²) in [5.41, 5.74) is 1.83. The minimum absolute atomic E-state index is 0.0656. The number of amides is 2. The number of hydrogen-bond acceptors (Lipinski definition) is 4. The van der Waals surface area contributed by atoms with E-state index in [9.17, 15) is 18.0 Å². The van der Waals surface area contributed by atoms with E-state index < -0.39 is 10.0 Å². The molecule has 1 saturated carbocycles. The van der Waals surface area contributed by atoms with Crippen molar-refractivity contribution < 1.29 is 18.0 Å². The molecule has 3 aliphatic heterocycles. The largest absolute Gasteiger partial charge is 0.342 e. The molecule has 0 aromatic heterocycles. The number of likely N-dealkylation sites (tertiary alicyclic amines) is 1. The maximum absolute atomic E-state index is 13.4. The number of hydrogen-bond donors (Lipinski definition) is 0. The quantitative estimate of drug-likeness (QED) is 0.673. The lowest BCUT2D eigenvalue weighted by atomic mass is 9.83. The molecule has 33 heavy (non-hydrogen) atoms. The van der Waals surface area contributed by atoms with Gasteiger partial charge in [0.05, 0.1) is 4.90 Å². The highest BCUT2D eigenvalue weighted by molar-refractivity contribution is 7.89. The summed E-state index contributed by atoms with van der Waals surface area (Å²) in [6.07, 6.45) is 9.20. The molecule has 180 valence electrons. The molecule has 8 heteroatoms. The molecule has 0 N–H and O–H groups in total. The Hall–Kier alpha value is -1.93. The Morgan fingerprint density at radius 1 is 0.758 bits per heavy atom. The Morgan fingerprint density at radius 3 is 2.12 bits per heavy atom. The number of carbonyl (C=O) groups is 2. The lowest BCUT2D eigenvalue weighted by Crippen LogP contribution is -2.45. The van der Waals surface area contributed by atoms with Crippen molar-refractivity contribution in [2.75, 3.05) is 37.6 Å². The summed E-state index contributed by atoms with van der Waals surface area (Å²) in [5, 5.41) is 0. The molecule has 0 atom stereocenters. The molecular weight excluding hydrogens is 438 g/mol. The fourth-order valence-corrected chi connectivity index (χ4v) is 7.22. The summed E-state index contributed by atoms with van der Waals surface area (Å²) in [6, 6.07) is 5.26. The van der Waals surface area contributed by atoms with Crippen molar-refractivity contribution in [3.63, 3.8) is 0 Å². The van der Waals surface area contributed by atoms with E-state index in [0.29, 0.717) is 37.4 Å². The van der Waals surface area contributed by atoms with Crippen LogP contribution in [0, 0.1) is 11.8 Å². The molecule has 0 spiro atoms. The number of piperidine rings is 2. The number of rotatable bonds is 4. The van der Waals surface area contributed by atoms with Crippen LogP contribution in [0.4, 0.5) is 5.69 Å². The molecule has 3 heterocycles. The number of nitrogens with zero attached hydrogens (tertiary/aromatic N) is 3. The maximum Gasteiger partial charge on any atom is 0.243 e. The second-order valence-corrected chi connectivity index (χ2v) is 12.0. The summed E-state index contributed by atoms with van der Waals surface area (Å²) in [4.78, 5) is 29.8. The Kier molecular flexibility index (Phi) is 6.49. The van der Waals surface area contributed by atoms with Gasteiger partial charge in [-0.25, -0.2) is 8.42 Å². The first-order chi connectivity index (χ1) is 15.9. The van der Waals surface area contributed by atoms with Gasteiger partial charge in [0.15, 0.2) is 0 Å². The van der Waals surface area contributed by atoms with Gasteiger partial charge >= 0.3 is 0 Å². The van der Waals surface area contributed by atoms with Crippen molar-refractivity contribution in [3.05, 3.63) is 23.8 Å². The van der Waals surface area contributed by atoms with Crippen LogP contribution in [-0.4, -0.2) is 62.2 Å². The molecular formula is C25H35N3O4S. The molecule has 0 unspecified atom stereocenters. The van der Waals surface area contributed by atoms with Gasteiger partial charge in [-0.05, 0) is 81.5 Å². The molecule has 1 aromatic rings. The molecule has 0 bridgehead atoms. The first-order valence-corrected chi connectivity index (χ1v) is 14.1. The molecule has 1 aromatic carbocycles. The van der Waals surface area contributed by atoms with Crippen LogP contribution < -0.4 is 4.90 Å². The molecule has 2 amide bonds. The Balaban J connectivity index is 1.26. The SMILES string of the molecule is O=C(C1CCN(S(=O)(=O)c2ccc3c(c2)CCCN3C(=O)C2CCC2)CC1)N1CCCCC1. The number of sulfonamides is 1. The molecule has 4 aliphatic rings. The van der Waals surface area contributed by atoms with Gasteiger partial charge in [-0.1, -0.05) is 6.42 Å². The van der Waals surface area contributed by atoms with Crippen LogP contribution in [0.25, 0.3) is 0 Å². The van der Waals surface area contributed by atoms with Crippen LogP contribution in [0.2, 0.25) is 0 Å². The predicted molar refractivity (Wildman–Crippen MR) is 126 cm³/mol. The van der Waals surface area contributed by atoms with Crippen LogP contribution in [0.3, 0.4) is 0 Å². The standard InChI is InChI=1S/C25H35N3O4S/c29-24(26-13-2-1-3-14-26)20-11-16-27(17-12-20)33(31,32)22-9-10-23-21(18-22)8-5-15-28(23)25(30)19-6-4-7-19/h9-10,18-20H,1-8,11-17H2. The Morgan fingerprint density at radius 2 is 1.45 bits per heavy atom. The van der Waals surface area contributed by atoms with Crippen molar-refractivity contribution in [1.82, 2.24) is 9.21 Å². The summed E-state index contributed by atoms with van der Waals surface area (Å²) < 4.78 is 28.3. The van der Waals surface area contributed by atoms with E-state index in [2.05, 4.69) is 0 Å². The number of anilines is 1. The maximum atomic E-state index is 13.4. The van der Waals surface area contributed by atoms with Crippen molar-refractivity contribution >= 4 is 27.5 Å². The third-order valence-corrected chi connectivity index (χ3v) is 9.89. The monoisotopic (exact) mass is 473 g/mol. The fourth-order valence-electron chi connectivity index (χ4n) is 5.70. The van der Waals surface area contributed by atoms with E-state index in [4.69, 9.17) is 0 Å². The average molecular weight is 474 g/mol. The predicted octanol–water partition coefficient (Wildman–Crippen LogP) is 3.18. The second kappa shape index (κ2) is 9.37. The smallest absolute Gasteiger partial charge is 0.243 e. The highest BCUT2D eigenvalue weighted by Crippen LogP contribution is 2.36. The van der Waals surface area contributed by atoms with Gasteiger partial charge in [0, 0.05) is 50.2 Å². The van der Waals surface area contributed by atoms with Crippen LogP contribution in [-0.2, 0) is 26.0 Å². The zero-order valence-electron chi connectivity index (χ0n) is 19.4. The van der Waals surface area contributed by atoms with Crippen molar-refractivity contribution in [1.29, 1.82) is 0 Å². The first-order valence-electron chi connectivity index (χ1n) is 12.7. The lowest BCUT2D eigenvalue weighted by molar-refractivity contribution is -0.137. The highest BCUT2D eigenvalue weighted by atomic mass is 32.2. The van der Waals surface area contributed by atoms with Gasteiger partial charge < -0.3 is 9.80 Å². The van der Waals surface area contributed by atoms with E-state index in [1.165, 1.54) is 10.7 Å². The fraction of sp³-hybridized carbons (Fsp3) is 0.680. The molecule has 2 saturated heterocycles. The third kappa shape index (κ3) is 4.44. The van der Waals surface area contributed by atoms with E-state index in [1.54, 1.807) is 12.1 Å². The van der Waals surface area contributed by atoms with Gasteiger partial charge in [0.2, 0.25) is 21.8 Å².